The summed E-state index contributed by atoms with van der Waals surface area (Å²) in [6.45, 7) is 4.43. The number of aromatic nitrogens is 3. The molecule has 34 heavy (non-hydrogen) atoms. The van der Waals surface area contributed by atoms with E-state index in [9.17, 15) is 9.59 Å². The average molecular weight is 450 g/mol. The molecule has 0 aliphatic heterocycles. The maximum absolute atomic E-state index is 13.2. The van der Waals surface area contributed by atoms with Crippen molar-refractivity contribution in [3.8, 4) is 22.5 Å². The highest BCUT2D eigenvalue weighted by atomic mass is 16.5. The molecule has 0 spiro atoms. The number of hydrogen-bond acceptors (Lipinski definition) is 5. The van der Waals surface area contributed by atoms with Gasteiger partial charge in [0.05, 0.1) is 29.0 Å². The Morgan fingerprint density at radius 2 is 1.47 bits per heavy atom. The van der Waals surface area contributed by atoms with Crippen molar-refractivity contribution in [3.05, 3.63) is 94.8 Å². The van der Waals surface area contributed by atoms with Crippen molar-refractivity contribution in [2.75, 3.05) is 6.61 Å². The Morgan fingerprint density at radius 3 is 2.06 bits per heavy atom. The molecular weight excluding hydrogens is 426 g/mol. The summed E-state index contributed by atoms with van der Waals surface area (Å²) in [6.07, 6.45) is 1.57. The smallest absolute Gasteiger partial charge is 0.343 e. The zero-order valence-corrected chi connectivity index (χ0v) is 19.0. The maximum atomic E-state index is 13.2. The molecule has 0 radical (unpaired) electrons. The fourth-order valence-electron chi connectivity index (χ4n) is 4.20. The fourth-order valence-corrected chi connectivity index (χ4v) is 4.20. The highest BCUT2D eigenvalue weighted by Gasteiger charge is 2.20. The quantitative estimate of drug-likeness (QED) is 0.263. The molecular formula is C28H23N3O3. The van der Waals surface area contributed by atoms with Crippen molar-refractivity contribution in [1.82, 2.24) is 14.5 Å². The van der Waals surface area contributed by atoms with Crippen LogP contribution in [0.25, 0.3) is 44.5 Å². The van der Waals surface area contributed by atoms with E-state index < -0.39 is 5.97 Å². The number of hydrogen-bond donors (Lipinski definition) is 0. The Hall–Kier alpha value is -4.32. The number of carbonyl (C=O) groups is 1. The van der Waals surface area contributed by atoms with Gasteiger partial charge in [-0.1, -0.05) is 60.7 Å². The van der Waals surface area contributed by atoms with Gasteiger partial charge in [0.25, 0.3) is 0 Å². The van der Waals surface area contributed by atoms with Gasteiger partial charge < -0.3 is 9.30 Å². The molecule has 5 aromatic rings. The van der Waals surface area contributed by atoms with Crippen LogP contribution in [-0.4, -0.2) is 27.1 Å². The highest BCUT2D eigenvalue weighted by molar-refractivity contribution is 6.05. The standard InChI is InChI=1S/C28H23N3O3/c1-3-31-17-21(28(33)34-4-2)27(32)20-15-16-22-25(26(20)31)30-24(19-13-9-6-10-14-19)23(29-22)18-11-7-5-8-12-18/h5-17H,3-4H2,1-2H3. The molecule has 2 heterocycles. The monoisotopic (exact) mass is 449 g/mol. The topological polar surface area (TPSA) is 74.1 Å². The third-order valence-corrected chi connectivity index (χ3v) is 5.80. The lowest BCUT2D eigenvalue weighted by Crippen LogP contribution is -2.21. The van der Waals surface area contributed by atoms with Crippen molar-refractivity contribution < 1.29 is 9.53 Å². The second kappa shape index (κ2) is 8.90. The molecule has 0 amide bonds. The minimum atomic E-state index is -0.618. The van der Waals surface area contributed by atoms with Crippen LogP contribution in [0.2, 0.25) is 0 Å². The van der Waals surface area contributed by atoms with Gasteiger partial charge in [-0.05, 0) is 26.0 Å². The van der Waals surface area contributed by atoms with Crippen LogP contribution >= 0.6 is 0 Å². The normalized spacial score (nSPS) is 11.1. The Kier molecular flexibility index (Phi) is 5.64. The second-order valence-corrected chi connectivity index (χ2v) is 7.86. The summed E-state index contributed by atoms with van der Waals surface area (Å²) in [5.41, 5.74) is 5.00. The average Bonchev–Trinajstić information content (AvgIpc) is 2.89. The van der Waals surface area contributed by atoms with Crippen LogP contribution in [0.5, 0.6) is 0 Å². The molecule has 3 aromatic carbocycles. The van der Waals surface area contributed by atoms with Gasteiger partial charge in [0.2, 0.25) is 5.43 Å². The zero-order chi connectivity index (χ0) is 23.7. The van der Waals surface area contributed by atoms with Crippen LogP contribution in [0.3, 0.4) is 0 Å². The summed E-state index contributed by atoms with van der Waals surface area (Å²) in [5, 5.41) is 0.417. The van der Waals surface area contributed by atoms with Gasteiger partial charge in [-0.2, -0.15) is 0 Å². The van der Waals surface area contributed by atoms with E-state index in [4.69, 9.17) is 14.7 Å². The summed E-state index contributed by atoms with van der Waals surface area (Å²) in [4.78, 5) is 35.7. The first-order valence-corrected chi connectivity index (χ1v) is 11.3. The van der Waals surface area contributed by atoms with Crippen molar-refractivity contribution in [3.63, 3.8) is 0 Å². The molecule has 0 saturated heterocycles. The van der Waals surface area contributed by atoms with Gasteiger partial charge in [0.15, 0.2) is 0 Å². The summed E-state index contributed by atoms with van der Waals surface area (Å²) in [6, 6.07) is 23.3. The van der Waals surface area contributed by atoms with E-state index in [1.165, 1.54) is 0 Å². The molecule has 2 aromatic heterocycles. The number of aryl methyl sites for hydroxylation is 1. The molecule has 5 rings (SSSR count). The third-order valence-electron chi connectivity index (χ3n) is 5.80. The van der Waals surface area contributed by atoms with E-state index >= 15 is 0 Å². The first kappa shape index (κ1) is 21.5. The number of esters is 1. The molecule has 6 nitrogen and oxygen atoms in total. The van der Waals surface area contributed by atoms with Crippen molar-refractivity contribution in [2.24, 2.45) is 0 Å². The molecule has 0 bridgehead atoms. The van der Waals surface area contributed by atoms with Crippen LogP contribution in [0, 0.1) is 0 Å². The maximum Gasteiger partial charge on any atom is 0.343 e. The van der Waals surface area contributed by atoms with Gasteiger partial charge in [-0.15, -0.1) is 0 Å². The number of carbonyl (C=O) groups excluding carboxylic acids is 1. The number of ether oxygens (including phenoxy) is 1. The highest BCUT2D eigenvalue weighted by Crippen LogP contribution is 2.33. The van der Waals surface area contributed by atoms with E-state index in [1.54, 1.807) is 25.3 Å². The number of benzene rings is 3. The molecule has 0 fully saturated rings. The van der Waals surface area contributed by atoms with E-state index in [0.29, 0.717) is 28.5 Å². The molecule has 0 aliphatic rings. The Morgan fingerprint density at radius 1 is 0.853 bits per heavy atom. The summed E-state index contributed by atoms with van der Waals surface area (Å²) >= 11 is 0. The molecule has 6 heteroatoms. The van der Waals surface area contributed by atoms with Crippen molar-refractivity contribution >= 4 is 27.9 Å². The first-order valence-electron chi connectivity index (χ1n) is 11.3. The van der Waals surface area contributed by atoms with E-state index in [0.717, 1.165) is 22.5 Å². The number of nitrogens with zero attached hydrogens (tertiary/aromatic N) is 3. The molecule has 0 atom stereocenters. The van der Waals surface area contributed by atoms with E-state index in [-0.39, 0.29) is 17.6 Å². The minimum Gasteiger partial charge on any atom is -0.462 e. The summed E-state index contributed by atoms with van der Waals surface area (Å²) in [5.74, 6) is -0.618. The molecule has 0 aliphatic carbocycles. The van der Waals surface area contributed by atoms with Gasteiger partial charge in [0.1, 0.15) is 11.1 Å². The molecule has 0 N–H and O–H groups in total. The van der Waals surface area contributed by atoms with E-state index in [1.807, 2.05) is 72.2 Å². The SMILES string of the molecule is CCOC(=O)c1cn(CC)c2c(ccc3nc(-c4ccccc4)c(-c4ccccc4)nc32)c1=O. The first-order chi connectivity index (χ1) is 16.6. The Balaban J connectivity index is 1.88. The van der Waals surface area contributed by atoms with Crippen LogP contribution in [0.1, 0.15) is 24.2 Å². The van der Waals surface area contributed by atoms with Crippen LogP contribution in [-0.2, 0) is 11.3 Å². The van der Waals surface area contributed by atoms with Crippen LogP contribution in [0.4, 0.5) is 0 Å². The lowest BCUT2D eigenvalue weighted by Gasteiger charge is -2.15. The predicted molar refractivity (Wildman–Crippen MR) is 134 cm³/mol. The lowest BCUT2D eigenvalue weighted by molar-refractivity contribution is 0.0524. The second-order valence-electron chi connectivity index (χ2n) is 7.86. The summed E-state index contributed by atoms with van der Waals surface area (Å²) in [7, 11) is 0. The van der Waals surface area contributed by atoms with E-state index in [2.05, 4.69) is 0 Å². The Bertz CT molecular complexity index is 1580. The minimum absolute atomic E-state index is 0.0210. The summed E-state index contributed by atoms with van der Waals surface area (Å²) < 4.78 is 6.98. The molecule has 168 valence electrons. The van der Waals surface area contributed by atoms with Gasteiger partial charge in [0, 0.05) is 29.3 Å². The lowest BCUT2D eigenvalue weighted by atomic mass is 10.0. The van der Waals surface area contributed by atoms with Crippen LogP contribution in [0.15, 0.2) is 83.8 Å². The molecule has 0 saturated carbocycles. The fraction of sp³-hybridized carbons (Fsp3) is 0.143. The number of pyridine rings is 1. The number of fused-ring (bicyclic) bond motifs is 3. The predicted octanol–water partition coefficient (Wildman–Crippen LogP) is 5.48. The van der Waals surface area contributed by atoms with Crippen LogP contribution < -0.4 is 5.43 Å². The van der Waals surface area contributed by atoms with Crippen molar-refractivity contribution in [1.29, 1.82) is 0 Å². The number of rotatable bonds is 5. The van der Waals surface area contributed by atoms with Crippen molar-refractivity contribution in [2.45, 2.75) is 20.4 Å². The third kappa shape index (κ3) is 3.63. The van der Waals surface area contributed by atoms with Gasteiger partial charge >= 0.3 is 5.97 Å². The molecule has 0 unspecified atom stereocenters. The largest absolute Gasteiger partial charge is 0.462 e. The van der Waals surface area contributed by atoms with Gasteiger partial charge in [-0.3, -0.25) is 4.79 Å². The zero-order valence-electron chi connectivity index (χ0n) is 19.0. The Labute approximate surface area is 196 Å². The van der Waals surface area contributed by atoms with Gasteiger partial charge in [-0.25, -0.2) is 14.8 Å².